The molecule has 136 valence electrons. The summed E-state index contributed by atoms with van der Waals surface area (Å²) in [4.78, 5) is 23.6. The van der Waals surface area contributed by atoms with Gasteiger partial charge in [0.1, 0.15) is 12.4 Å². The van der Waals surface area contributed by atoms with Gasteiger partial charge in [0.15, 0.2) is 17.3 Å². The summed E-state index contributed by atoms with van der Waals surface area (Å²) in [5, 5.41) is 17.5. The Labute approximate surface area is 150 Å². The highest BCUT2D eigenvalue weighted by atomic mass is 35.5. The van der Waals surface area contributed by atoms with E-state index in [0.29, 0.717) is 12.4 Å². The molecule has 0 amide bonds. The summed E-state index contributed by atoms with van der Waals surface area (Å²) >= 11 is 6.09. The molecule has 1 aromatic carbocycles. The molecule has 1 aromatic rings. The molecule has 0 aliphatic carbocycles. The molecule has 0 aromatic heterocycles. The first-order chi connectivity index (χ1) is 11.7. The molecular formula is C17H20ClNO6. The van der Waals surface area contributed by atoms with Crippen LogP contribution in [0.2, 0.25) is 5.02 Å². The molecule has 0 heterocycles. The lowest BCUT2D eigenvalue weighted by molar-refractivity contribution is -0.113. The van der Waals surface area contributed by atoms with Crippen LogP contribution in [0.25, 0.3) is 0 Å². The van der Waals surface area contributed by atoms with Crippen molar-refractivity contribution < 1.29 is 28.9 Å². The van der Waals surface area contributed by atoms with Gasteiger partial charge in [-0.15, -0.1) is 0 Å². The first kappa shape index (κ1) is 20.5. The number of rotatable bonds is 8. The predicted molar refractivity (Wildman–Crippen MR) is 93.2 cm³/mol. The van der Waals surface area contributed by atoms with Crippen LogP contribution in [0.4, 0.5) is 0 Å². The van der Waals surface area contributed by atoms with Gasteiger partial charge in [-0.2, -0.15) is 0 Å². The lowest BCUT2D eigenvalue weighted by atomic mass is 10.1. The molecule has 0 fully saturated rings. The number of hydrogen-bond donors (Lipinski definition) is 2. The monoisotopic (exact) mass is 369 g/mol. The lowest BCUT2D eigenvalue weighted by Gasteiger charge is -2.13. The maximum absolute atomic E-state index is 12.2. The zero-order valence-electron chi connectivity index (χ0n) is 14.4. The maximum Gasteiger partial charge on any atom is 0.338 e. The van der Waals surface area contributed by atoms with Gasteiger partial charge in [-0.05, 0) is 32.9 Å². The number of allylic oxidation sites excluding steroid dienone is 1. The molecule has 8 heteroatoms. The van der Waals surface area contributed by atoms with E-state index in [4.69, 9.17) is 31.2 Å². The van der Waals surface area contributed by atoms with Gasteiger partial charge in [-0.3, -0.25) is 4.79 Å². The second kappa shape index (κ2) is 9.08. The fraction of sp³-hybridized carbons (Fsp3) is 0.353. The van der Waals surface area contributed by atoms with Crippen molar-refractivity contribution in [3.63, 3.8) is 0 Å². The van der Waals surface area contributed by atoms with E-state index in [1.807, 2.05) is 0 Å². The number of aliphatic hydroxyl groups excluding tert-OH is 1. The third-order valence-corrected chi connectivity index (χ3v) is 3.39. The van der Waals surface area contributed by atoms with Gasteiger partial charge in [-0.1, -0.05) is 11.6 Å². The molecule has 0 bridgehead atoms. The summed E-state index contributed by atoms with van der Waals surface area (Å²) in [5.41, 5.74) is -0.212. The molecule has 1 rings (SSSR count). The normalized spacial score (nSPS) is 11.4. The average molecular weight is 370 g/mol. The molecule has 0 spiro atoms. The van der Waals surface area contributed by atoms with Crippen molar-refractivity contribution in [1.82, 2.24) is 0 Å². The molecule has 0 saturated carbocycles. The largest absolute Gasteiger partial charge is 0.508 e. The Balaban J connectivity index is 3.02. The number of carbonyl (C=O) groups is 2. The lowest BCUT2D eigenvalue weighted by Crippen LogP contribution is -2.15. The van der Waals surface area contributed by atoms with E-state index in [1.54, 1.807) is 6.92 Å². The van der Waals surface area contributed by atoms with Crippen LogP contribution in [0.1, 0.15) is 31.1 Å². The molecule has 7 nitrogen and oxygen atoms in total. The molecular weight excluding hydrogens is 350 g/mol. The summed E-state index contributed by atoms with van der Waals surface area (Å²) in [5.74, 6) is -1.19. The standard InChI is InChI=1S/C17H20ClNO6/c1-5-24-16-12(18)6-11(7-14(16)23-4)17(22)25-8-13(21)15(9(2)19)10(3)20/h6-7,19,21H,5,8H2,1-4H3/b15-13-,19-9?. The number of carbonyl (C=O) groups excluding carboxylic acids is 2. The molecule has 0 radical (unpaired) electrons. The highest BCUT2D eigenvalue weighted by molar-refractivity contribution is 6.32. The van der Waals surface area contributed by atoms with E-state index in [1.165, 1.54) is 33.1 Å². The Bertz CT molecular complexity index is 710. The third-order valence-electron chi connectivity index (χ3n) is 3.11. The van der Waals surface area contributed by atoms with Crippen LogP contribution in [0.3, 0.4) is 0 Å². The molecule has 2 N–H and O–H groups in total. The van der Waals surface area contributed by atoms with Gasteiger partial charge in [0.05, 0.1) is 29.9 Å². The van der Waals surface area contributed by atoms with Crippen LogP contribution < -0.4 is 9.47 Å². The predicted octanol–water partition coefficient (Wildman–Crippen LogP) is 3.34. The summed E-state index contributed by atoms with van der Waals surface area (Å²) in [7, 11) is 1.41. The van der Waals surface area contributed by atoms with E-state index < -0.39 is 24.1 Å². The Hall–Kier alpha value is -2.54. The summed E-state index contributed by atoms with van der Waals surface area (Å²) in [6.45, 7) is 4.17. The maximum atomic E-state index is 12.2. The smallest absolute Gasteiger partial charge is 0.338 e. The molecule has 0 atom stereocenters. The van der Waals surface area contributed by atoms with Crippen LogP contribution in [0.5, 0.6) is 11.5 Å². The van der Waals surface area contributed by atoms with Crippen molar-refractivity contribution in [2.45, 2.75) is 20.8 Å². The van der Waals surface area contributed by atoms with Gasteiger partial charge in [-0.25, -0.2) is 4.79 Å². The first-order valence-electron chi connectivity index (χ1n) is 7.38. The van der Waals surface area contributed by atoms with Crippen LogP contribution in [0, 0.1) is 5.41 Å². The van der Waals surface area contributed by atoms with E-state index in [-0.39, 0.29) is 27.6 Å². The number of ketones is 1. The Kier molecular flexibility index (Phi) is 7.44. The Morgan fingerprint density at radius 1 is 1.28 bits per heavy atom. The van der Waals surface area contributed by atoms with Crippen LogP contribution in [-0.4, -0.2) is 42.9 Å². The summed E-state index contributed by atoms with van der Waals surface area (Å²) < 4.78 is 15.5. The topological polar surface area (TPSA) is 106 Å². The highest BCUT2D eigenvalue weighted by Gasteiger charge is 2.19. The van der Waals surface area contributed by atoms with Crippen molar-refractivity contribution in [3.05, 3.63) is 34.1 Å². The van der Waals surface area contributed by atoms with E-state index in [9.17, 15) is 14.7 Å². The van der Waals surface area contributed by atoms with Gasteiger partial charge >= 0.3 is 5.97 Å². The number of methoxy groups -OCH3 is 1. The van der Waals surface area contributed by atoms with E-state index in [0.717, 1.165) is 0 Å². The number of nitrogens with one attached hydrogen (secondary N) is 1. The quantitative estimate of drug-likeness (QED) is 0.315. The molecule has 0 saturated heterocycles. The molecule has 25 heavy (non-hydrogen) atoms. The molecule has 0 unspecified atom stereocenters. The van der Waals surface area contributed by atoms with Crippen molar-refractivity contribution in [2.24, 2.45) is 0 Å². The van der Waals surface area contributed by atoms with Crippen molar-refractivity contribution in [3.8, 4) is 11.5 Å². The van der Waals surface area contributed by atoms with Crippen molar-refractivity contribution in [1.29, 1.82) is 5.41 Å². The number of Topliss-reactive ketones (excluding diaryl/α,β-unsaturated/α-hetero) is 1. The minimum Gasteiger partial charge on any atom is -0.508 e. The van der Waals surface area contributed by atoms with Gasteiger partial charge in [0.2, 0.25) is 0 Å². The molecule has 0 aliphatic heterocycles. The Morgan fingerprint density at radius 2 is 1.92 bits per heavy atom. The number of esters is 1. The van der Waals surface area contributed by atoms with Crippen LogP contribution in [0.15, 0.2) is 23.5 Å². The Morgan fingerprint density at radius 3 is 2.40 bits per heavy atom. The van der Waals surface area contributed by atoms with E-state index >= 15 is 0 Å². The summed E-state index contributed by atoms with van der Waals surface area (Å²) in [6, 6.07) is 2.75. The first-order valence-corrected chi connectivity index (χ1v) is 7.76. The third kappa shape index (κ3) is 5.22. The van der Waals surface area contributed by atoms with Crippen molar-refractivity contribution in [2.75, 3.05) is 20.3 Å². The fourth-order valence-corrected chi connectivity index (χ4v) is 2.36. The number of hydrogen-bond acceptors (Lipinski definition) is 7. The number of aliphatic hydroxyl groups is 1. The number of ether oxygens (including phenoxy) is 3. The second-order valence-corrected chi connectivity index (χ2v) is 5.41. The second-order valence-electron chi connectivity index (χ2n) is 5.00. The highest BCUT2D eigenvalue weighted by Crippen LogP contribution is 2.36. The average Bonchev–Trinajstić information content (AvgIpc) is 2.53. The van der Waals surface area contributed by atoms with Crippen LogP contribution >= 0.6 is 11.6 Å². The zero-order valence-corrected chi connectivity index (χ0v) is 15.2. The number of benzene rings is 1. The SMILES string of the molecule is CCOc1c(Cl)cc(C(=O)OC/C(O)=C(\C(C)=N)C(C)=O)cc1OC. The fourth-order valence-electron chi connectivity index (χ4n) is 2.10. The van der Waals surface area contributed by atoms with Crippen molar-refractivity contribution >= 4 is 29.1 Å². The minimum absolute atomic E-state index is 0.0917. The van der Waals surface area contributed by atoms with E-state index in [2.05, 4.69) is 0 Å². The number of halogens is 1. The van der Waals surface area contributed by atoms with Gasteiger partial charge in [0.25, 0.3) is 0 Å². The summed E-state index contributed by atoms with van der Waals surface area (Å²) in [6.07, 6.45) is 0. The van der Waals surface area contributed by atoms with Gasteiger partial charge < -0.3 is 24.7 Å². The van der Waals surface area contributed by atoms with Crippen LogP contribution in [-0.2, 0) is 9.53 Å². The zero-order chi connectivity index (χ0) is 19.1. The van der Waals surface area contributed by atoms with Gasteiger partial charge in [0, 0.05) is 5.71 Å². The minimum atomic E-state index is -0.777. The molecule has 0 aliphatic rings.